The van der Waals surface area contributed by atoms with Crippen molar-refractivity contribution in [2.24, 2.45) is 0 Å². The molecule has 2 amide bonds. The van der Waals surface area contributed by atoms with Gasteiger partial charge in [-0.05, 0) is 56.0 Å². The van der Waals surface area contributed by atoms with E-state index in [1.807, 2.05) is 26.0 Å². The molecule has 31 heavy (non-hydrogen) atoms. The first-order chi connectivity index (χ1) is 14.7. The van der Waals surface area contributed by atoms with Crippen LogP contribution in [0.5, 0.6) is 0 Å². The zero-order valence-corrected chi connectivity index (χ0v) is 20.8. The van der Waals surface area contributed by atoms with Crippen LogP contribution in [-0.2, 0) is 21.9 Å². The van der Waals surface area contributed by atoms with Crippen LogP contribution < -0.4 is 5.32 Å². The van der Waals surface area contributed by atoms with Crippen LogP contribution in [0.2, 0.25) is 10.0 Å². The Labute approximate surface area is 199 Å². The summed E-state index contributed by atoms with van der Waals surface area (Å²) in [4.78, 5) is 27.5. The average Bonchev–Trinajstić information content (AvgIpc) is 2.73. The van der Waals surface area contributed by atoms with E-state index in [1.165, 1.54) is 11.1 Å². The van der Waals surface area contributed by atoms with Crippen molar-refractivity contribution in [3.8, 4) is 0 Å². The molecule has 2 aromatic carbocycles. The highest BCUT2D eigenvalue weighted by Gasteiger charge is 2.27. The molecule has 0 unspecified atom stereocenters. The van der Waals surface area contributed by atoms with E-state index >= 15 is 0 Å². The van der Waals surface area contributed by atoms with E-state index in [2.05, 4.69) is 24.4 Å². The monoisotopic (exact) mass is 480 g/mol. The summed E-state index contributed by atoms with van der Waals surface area (Å²) in [6.45, 7) is 8.02. The predicted molar refractivity (Wildman–Crippen MR) is 132 cm³/mol. The molecule has 0 saturated carbocycles. The van der Waals surface area contributed by atoms with Crippen LogP contribution >= 0.6 is 35.0 Å². The van der Waals surface area contributed by atoms with Crippen LogP contribution in [0.3, 0.4) is 0 Å². The lowest BCUT2D eigenvalue weighted by Crippen LogP contribution is -2.50. The zero-order valence-electron chi connectivity index (χ0n) is 18.5. The number of nitrogens with one attached hydrogen (secondary N) is 1. The maximum atomic E-state index is 13.2. The second-order valence-corrected chi connectivity index (χ2v) is 9.50. The van der Waals surface area contributed by atoms with Gasteiger partial charge in [0, 0.05) is 28.4 Å². The number of carbonyl (C=O) groups is 2. The van der Waals surface area contributed by atoms with E-state index in [-0.39, 0.29) is 30.2 Å². The van der Waals surface area contributed by atoms with Crippen LogP contribution in [0.4, 0.5) is 0 Å². The Morgan fingerprint density at radius 1 is 1.10 bits per heavy atom. The Bertz CT molecular complexity index is 907. The predicted octanol–water partition coefficient (Wildman–Crippen LogP) is 5.87. The van der Waals surface area contributed by atoms with Gasteiger partial charge < -0.3 is 10.2 Å². The molecule has 0 spiro atoms. The van der Waals surface area contributed by atoms with Crippen molar-refractivity contribution >= 4 is 46.8 Å². The smallest absolute Gasteiger partial charge is 0.242 e. The van der Waals surface area contributed by atoms with Gasteiger partial charge in [0.15, 0.2) is 0 Å². The summed E-state index contributed by atoms with van der Waals surface area (Å²) >= 11 is 13.9. The van der Waals surface area contributed by atoms with E-state index in [1.54, 1.807) is 41.8 Å². The van der Waals surface area contributed by atoms with E-state index in [0.717, 1.165) is 17.7 Å². The Hall–Kier alpha value is -1.69. The third-order valence-electron chi connectivity index (χ3n) is 5.27. The van der Waals surface area contributed by atoms with Gasteiger partial charge in [-0.1, -0.05) is 60.5 Å². The number of halogens is 2. The molecule has 1 N–H and O–H groups in total. The zero-order chi connectivity index (χ0) is 23.0. The summed E-state index contributed by atoms with van der Waals surface area (Å²) in [5, 5.41) is 3.98. The molecule has 2 atom stereocenters. The second kappa shape index (κ2) is 12.4. The highest BCUT2D eigenvalue weighted by Crippen LogP contribution is 2.24. The summed E-state index contributed by atoms with van der Waals surface area (Å²) in [7, 11) is 0. The topological polar surface area (TPSA) is 49.4 Å². The van der Waals surface area contributed by atoms with Gasteiger partial charge in [0.2, 0.25) is 11.8 Å². The van der Waals surface area contributed by atoms with E-state index in [9.17, 15) is 9.59 Å². The van der Waals surface area contributed by atoms with Gasteiger partial charge in [0.25, 0.3) is 0 Å². The van der Waals surface area contributed by atoms with Crippen molar-refractivity contribution in [1.82, 2.24) is 10.2 Å². The molecule has 0 bridgehead atoms. The standard InChI is InChI=1S/C24H30Cl2N2O2S/c1-5-17(3)27-24(30)18(4)28(13-19-10-11-21(25)12-22(19)26)23(29)15-31-14-20-9-7-6-8-16(20)2/h6-12,17-18H,5,13-15H2,1-4H3,(H,27,30)/t17-,18-/m0/s1. The second-order valence-electron chi connectivity index (χ2n) is 7.67. The van der Waals surface area contributed by atoms with Crippen molar-refractivity contribution in [3.63, 3.8) is 0 Å². The minimum atomic E-state index is -0.618. The maximum Gasteiger partial charge on any atom is 0.242 e. The molecule has 2 aromatic rings. The summed E-state index contributed by atoms with van der Waals surface area (Å²) < 4.78 is 0. The number of amides is 2. The first-order valence-corrected chi connectivity index (χ1v) is 12.3. The molecule has 7 heteroatoms. The first kappa shape index (κ1) is 25.6. The fraction of sp³-hybridized carbons (Fsp3) is 0.417. The van der Waals surface area contributed by atoms with Crippen molar-refractivity contribution in [3.05, 3.63) is 69.2 Å². The molecule has 0 fully saturated rings. The normalized spacial score (nSPS) is 12.8. The van der Waals surface area contributed by atoms with Crippen molar-refractivity contribution in [2.45, 2.75) is 58.5 Å². The number of aryl methyl sites for hydroxylation is 1. The Morgan fingerprint density at radius 3 is 2.45 bits per heavy atom. The quantitative estimate of drug-likeness (QED) is 0.462. The summed E-state index contributed by atoms with van der Waals surface area (Å²) in [6, 6.07) is 12.7. The number of rotatable bonds is 10. The summed E-state index contributed by atoms with van der Waals surface area (Å²) in [5.41, 5.74) is 3.16. The van der Waals surface area contributed by atoms with Gasteiger partial charge >= 0.3 is 0 Å². The molecule has 0 saturated heterocycles. The molecule has 168 valence electrons. The first-order valence-electron chi connectivity index (χ1n) is 10.4. The Balaban J connectivity index is 2.14. The Kier molecular flexibility index (Phi) is 10.2. The number of hydrogen-bond donors (Lipinski definition) is 1. The highest BCUT2D eigenvalue weighted by molar-refractivity contribution is 7.99. The fourth-order valence-electron chi connectivity index (χ4n) is 2.98. The molecule has 0 radical (unpaired) electrons. The molecule has 2 rings (SSSR count). The van der Waals surface area contributed by atoms with Crippen LogP contribution in [0.25, 0.3) is 0 Å². The van der Waals surface area contributed by atoms with Crippen molar-refractivity contribution in [2.75, 3.05) is 5.75 Å². The molecule has 0 aliphatic carbocycles. The van der Waals surface area contributed by atoms with Gasteiger partial charge in [-0.25, -0.2) is 0 Å². The minimum absolute atomic E-state index is 0.0430. The minimum Gasteiger partial charge on any atom is -0.352 e. The highest BCUT2D eigenvalue weighted by atomic mass is 35.5. The molecule has 0 aromatic heterocycles. The number of thioether (sulfide) groups is 1. The molecule has 0 aliphatic heterocycles. The van der Waals surface area contributed by atoms with E-state index in [4.69, 9.17) is 23.2 Å². The van der Waals surface area contributed by atoms with Crippen LogP contribution in [0, 0.1) is 6.92 Å². The molecule has 4 nitrogen and oxygen atoms in total. The van der Waals surface area contributed by atoms with Crippen LogP contribution in [-0.4, -0.2) is 34.6 Å². The third-order valence-corrected chi connectivity index (χ3v) is 6.82. The molecular weight excluding hydrogens is 451 g/mol. The Morgan fingerprint density at radius 2 is 1.81 bits per heavy atom. The fourth-order valence-corrected chi connectivity index (χ4v) is 4.44. The maximum absolute atomic E-state index is 13.2. The molecule has 0 aliphatic rings. The SMILES string of the molecule is CC[C@H](C)NC(=O)[C@H](C)N(Cc1ccc(Cl)cc1Cl)C(=O)CSCc1ccccc1C. The molecular formula is C24H30Cl2N2O2S. The summed E-state index contributed by atoms with van der Waals surface area (Å²) in [5.74, 6) is 0.745. The van der Waals surface area contributed by atoms with Crippen molar-refractivity contribution < 1.29 is 9.59 Å². The van der Waals surface area contributed by atoms with Crippen LogP contribution in [0.1, 0.15) is 43.9 Å². The molecule has 0 heterocycles. The van der Waals surface area contributed by atoms with Gasteiger partial charge in [0.05, 0.1) is 5.75 Å². The lowest BCUT2D eigenvalue weighted by molar-refractivity contribution is -0.138. The largest absolute Gasteiger partial charge is 0.352 e. The number of carbonyl (C=O) groups excluding carboxylic acids is 2. The van der Waals surface area contributed by atoms with Crippen LogP contribution in [0.15, 0.2) is 42.5 Å². The van der Waals surface area contributed by atoms with Gasteiger partial charge in [0.1, 0.15) is 6.04 Å². The summed E-state index contributed by atoms with van der Waals surface area (Å²) in [6.07, 6.45) is 0.821. The lowest BCUT2D eigenvalue weighted by Gasteiger charge is -2.30. The number of nitrogens with zero attached hydrogens (tertiary/aromatic N) is 1. The van der Waals surface area contributed by atoms with Gasteiger partial charge in [-0.3, -0.25) is 9.59 Å². The lowest BCUT2D eigenvalue weighted by atomic mass is 10.1. The van der Waals surface area contributed by atoms with E-state index in [0.29, 0.717) is 10.0 Å². The van der Waals surface area contributed by atoms with Crippen molar-refractivity contribution in [1.29, 1.82) is 0 Å². The number of benzene rings is 2. The van der Waals surface area contributed by atoms with E-state index < -0.39 is 6.04 Å². The average molecular weight is 481 g/mol. The van der Waals surface area contributed by atoms with Gasteiger partial charge in [-0.15, -0.1) is 11.8 Å². The van der Waals surface area contributed by atoms with Gasteiger partial charge in [-0.2, -0.15) is 0 Å². The number of hydrogen-bond acceptors (Lipinski definition) is 3. The third kappa shape index (κ3) is 7.74.